The minimum atomic E-state index is 0.0348. The van der Waals surface area contributed by atoms with Crippen LogP contribution in [0.3, 0.4) is 0 Å². The van der Waals surface area contributed by atoms with Crippen LogP contribution in [0.4, 0.5) is 0 Å². The topological polar surface area (TPSA) is 62.5 Å². The molecule has 35 heavy (non-hydrogen) atoms. The second kappa shape index (κ2) is 10.9. The number of carbonyl (C=O) groups is 1. The molecule has 4 aromatic rings. The van der Waals surface area contributed by atoms with Gasteiger partial charge in [0, 0.05) is 44.2 Å². The van der Waals surface area contributed by atoms with E-state index in [-0.39, 0.29) is 11.9 Å². The highest BCUT2D eigenvalue weighted by molar-refractivity contribution is 7.98. The molecule has 1 saturated heterocycles. The Labute approximate surface area is 210 Å². The monoisotopic (exact) mass is 484 g/mol. The first kappa shape index (κ1) is 23.3. The summed E-state index contributed by atoms with van der Waals surface area (Å²) in [6, 6.07) is 27.0. The number of carbonyl (C=O) groups excluding carboxylic acids is 1. The van der Waals surface area contributed by atoms with Gasteiger partial charge in [-0.2, -0.15) is 0 Å². The Balaban J connectivity index is 1.28. The molecule has 3 heterocycles. The summed E-state index contributed by atoms with van der Waals surface area (Å²) in [5.74, 6) is 1.42. The van der Waals surface area contributed by atoms with Crippen molar-refractivity contribution in [1.82, 2.24) is 19.9 Å². The number of benzene rings is 2. The second-order valence-corrected chi connectivity index (χ2v) is 9.59. The van der Waals surface area contributed by atoms with E-state index in [1.54, 1.807) is 6.20 Å². The first-order valence-corrected chi connectivity index (χ1v) is 12.8. The lowest BCUT2D eigenvalue weighted by atomic mass is 9.96. The zero-order valence-corrected chi connectivity index (χ0v) is 20.5. The van der Waals surface area contributed by atoms with Crippen LogP contribution in [-0.2, 0) is 5.75 Å². The van der Waals surface area contributed by atoms with Crippen LogP contribution in [0.5, 0.6) is 0 Å². The van der Waals surface area contributed by atoms with Crippen LogP contribution in [0.15, 0.2) is 94.6 Å². The molecular weight excluding hydrogens is 456 g/mol. The molecule has 1 amide bonds. The third-order valence-corrected chi connectivity index (χ3v) is 7.27. The van der Waals surface area contributed by atoms with E-state index < -0.39 is 0 Å². The summed E-state index contributed by atoms with van der Waals surface area (Å²) in [7, 11) is 0. The lowest BCUT2D eigenvalue weighted by Crippen LogP contribution is -2.50. The van der Waals surface area contributed by atoms with E-state index in [0.29, 0.717) is 24.4 Å². The van der Waals surface area contributed by atoms with E-state index in [4.69, 9.17) is 4.52 Å². The van der Waals surface area contributed by atoms with Gasteiger partial charge in [-0.05, 0) is 30.2 Å². The van der Waals surface area contributed by atoms with Gasteiger partial charge in [0.1, 0.15) is 10.8 Å². The minimum absolute atomic E-state index is 0.0348. The van der Waals surface area contributed by atoms with Crippen LogP contribution in [0.2, 0.25) is 0 Å². The first-order valence-electron chi connectivity index (χ1n) is 11.8. The number of nitrogens with zero attached hydrogens (tertiary/aromatic N) is 4. The zero-order valence-electron chi connectivity index (χ0n) is 19.7. The second-order valence-electron chi connectivity index (χ2n) is 8.63. The highest BCUT2D eigenvalue weighted by Crippen LogP contribution is 2.30. The number of hydrogen-bond donors (Lipinski definition) is 0. The van der Waals surface area contributed by atoms with E-state index >= 15 is 0 Å². The van der Waals surface area contributed by atoms with Crippen LogP contribution in [0, 0.1) is 6.92 Å². The molecule has 2 aromatic carbocycles. The van der Waals surface area contributed by atoms with Crippen LogP contribution in [-0.4, -0.2) is 52.0 Å². The van der Waals surface area contributed by atoms with Gasteiger partial charge < -0.3 is 9.42 Å². The van der Waals surface area contributed by atoms with Crippen molar-refractivity contribution in [3.05, 3.63) is 113 Å². The van der Waals surface area contributed by atoms with Crippen LogP contribution in [0.25, 0.3) is 0 Å². The number of aryl methyl sites for hydroxylation is 1. The van der Waals surface area contributed by atoms with Crippen LogP contribution >= 0.6 is 11.8 Å². The van der Waals surface area contributed by atoms with Crippen molar-refractivity contribution in [3.8, 4) is 0 Å². The molecule has 1 aliphatic heterocycles. The lowest BCUT2D eigenvalue weighted by molar-refractivity contribution is 0.0593. The number of aromatic nitrogens is 2. The maximum absolute atomic E-state index is 13.5. The van der Waals surface area contributed by atoms with E-state index in [2.05, 4.69) is 75.7 Å². The number of piperazine rings is 1. The quantitative estimate of drug-likeness (QED) is 0.335. The molecule has 7 heteroatoms. The fourth-order valence-electron chi connectivity index (χ4n) is 4.54. The SMILES string of the molecule is Cc1cc(CSc2ncccc2C(=O)N2CCN(C(c3ccccc3)c3ccccc3)CC2)no1. The average molecular weight is 485 g/mol. The van der Waals surface area contributed by atoms with Gasteiger partial charge in [-0.25, -0.2) is 4.98 Å². The van der Waals surface area contributed by atoms with Crippen molar-refractivity contribution in [2.45, 2.75) is 23.7 Å². The van der Waals surface area contributed by atoms with Gasteiger partial charge in [0.25, 0.3) is 5.91 Å². The maximum atomic E-state index is 13.5. The first-order chi connectivity index (χ1) is 17.2. The molecule has 0 radical (unpaired) electrons. The maximum Gasteiger partial charge on any atom is 0.256 e. The zero-order chi connectivity index (χ0) is 24.0. The van der Waals surface area contributed by atoms with Crippen molar-refractivity contribution in [3.63, 3.8) is 0 Å². The molecular formula is C28H28N4O2S. The van der Waals surface area contributed by atoms with Gasteiger partial charge in [-0.1, -0.05) is 77.6 Å². The molecule has 1 fully saturated rings. The molecule has 2 aromatic heterocycles. The number of rotatable bonds is 7. The molecule has 178 valence electrons. The van der Waals surface area contributed by atoms with Gasteiger partial charge >= 0.3 is 0 Å². The molecule has 5 rings (SSSR count). The van der Waals surface area contributed by atoms with E-state index in [0.717, 1.165) is 29.6 Å². The Bertz CT molecular complexity index is 1210. The largest absolute Gasteiger partial charge is 0.361 e. The molecule has 6 nitrogen and oxygen atoms in total. The van der Waals surface area contributed by atoms with Gasteiger partial charge in [0.2, 0.25) is 0 Å². The van der Waals surface area contributed by atoms with Crippen molar-refractivity contribution in [1.29, 1.82) is 0 Å². The molecule has 0 aliphatic carbocycles. The molecule has 1 aliphatic rings. The lowest BCUT2D eigenvalue weighted by Gasteiger charge is -2.40. The van der Waals surface area contributed by atoms with Crippen molar-refractivity contribution >= 4 is 17.7 Å². The number of pyridine rings is 1. The Morgan fingerprint density at radius 3 is 2.20 bits per heavy atom. The van der Waals surface area contributed by atoms with E-state index in [1.165, 1.54) is 22.9 Å². The summed E-state index contributed by atoms with van der Waals surface area (Å²) in [6.45, 7) is 4.84. The Morgan fingerprint density at radius 2 is 1.60 bits per heavy atom. The molecule has 0 saturated carbocycles. The summed E-state index contributed by atoms with van der Waals surface area (Å²) < 4.78 is 5.16. The highest BCUT2D eigenvalue weighted by atomic mass is 32.2. The Kier molecular flexibility index (Phi) is 7.25. The van der Waals surface area contributed by atoms with E-state index in [9.17, 15) is 4.79 Å². The van der Waals surface area contributed by atoms with Crippen LogP contribution in [0.1, 0.15) is 39.0 Å². The number of hydrogen-bond acceptors (Lipinski definition) is 6. The summed E-state index contributed by atoms with van der Waals surface area (Å²) >= 11 is 1.51. The molecule has 0 atom stereocenters. The van der Waals surface area contributed by atoms with Crippen molar-refractivity contribution in [2.24, 2.45) is 0 Å². The smallest absolute Gasteiger partial charge is 0.256 e. The van der Waals surface area contributed by atoms with E-state index in [1.807, 2.05) is 30.0 Å². The van der Waals surface area contributed by atoms with Gasteiger partial charge in [-0.3, -0.25) is 9.69 Å². The van der Waals surface area contributed by atoms with Crippen LogP contribution < -0.4 is 0 Å². The normalized spacial score (nSPS) is 14.4. The highest BCUT2D eigenvalue weighted by Gasteiger charge is 2.29. The third-order valence-electron chi connectivity index (χ3n) is 6.23. The average Bonchev–Trinajstić information content (AvgIpc) is 3.34. The summed E-state index contributed by atoms with van der Waals surface area (Å²) in [4.78, 5) is 22.4. The summed E-state index contributed by atoms with van der Waals surface area (Å²) in [5.41, 5.74) is 4.03. The standard InChI is InChI=1S/C28H28N4O2S/c1-21-19-24(30-34-21)20-35-27-25(13-8-14-29-27)28(33)32-17-15-31(16-18-32)26(22-9-4-2-5-10-22)23-11-6-3-7-12-23/h2-14,19,26H,15-18,20H2,1H3. The Hall–Kier alpha value is -3.42. The fourth-order valence-corrected chi connectivity index (χ4v) is 5.40. The summed E-state index contributed by atoms with van der Waals surface area (Å²) in [5, 5.41) is 4.77. The summed E-state index contributed by atoms with van der Waals surface area (Å²) in [6.07, 6.45) is 1.73. The van der Waals surface area contributed by atoms with Gasteiger partial charge in [0.05, 0.1) is 17.3 Å². The molecule has 0 bridgehead atoms. The fraction of sp³-hybridized carbons (Fsp3) is 0.250. The molecule has 0 spiro atoms. The predicted octanol–water partition coefficient (Wildman–Crippen LogP) is 5.22. The van der Waals surface area contributed by atoms with Crippen molar-refractivity contribution in [2.75, 3.05) is 26.2 Å². The van der Waals surface area contributed by atoms with Gasteiger partial charge in [-0.15, -0.1) is 0 Å². The Morgan fingerprint density at radius 1 is 0.943 bits per heavy atom. The molecule has 0 unspecified atom stereocenters. The minimum Gasteiger partial charge on any atom is -0.361 e. The number of thioether (sulfide) groups is 1. The van der Waals surface area contributed by atoms with Crippen molar-refractivity contribution < 1.29 is 9.32 Å². The predicted molar refractivity (Wildman–Crippen MR) is 137 cm³/mol. The third kappa shape index (κ3) is 5.47. The number of amides is 1. The molecule has 0 N–H and O–H groups in total. The van der Waals surface area contributed by atoms with Gasteiger partial charge in [0.15, 0.2) is 0 Å².